The molecule has 0 aliphatic heterocycles. The summed E-state index contributed by atoms with van der Waals surface area (Å²) < 4.78 is 9.06. The molecular formula is C25H18N4O2. The highest BCUT2D eigenvalue weighted by molar-refractivity contribution is 6.10. The molecule has 0 amide bonds. The first kappa shape index (κ1) is 18.6. The number of nitrogens with zero attached hydrogens (tertiary/aromatic N) is 4. The molecule has 6 nitrogen and oxygen atoms in total. The quantitative estimate of drug-likeness (QED) is 0.306. The van der Waals surface area contributed by atoms with Gasteiger partial charge in [0.15, 0.2) is 0 Å². The second kappa shape index (κ2) is 7.81. The van der Waals surface area contributed by atoms with Crippen LogP contribution >= 0.6 is 0 Å². The lowest BCUT2D eigenvalue weighted by Gasteiger charge is -2.09. The molecule has 0 saturated heterocycles. The molecule has 3 aromatic carbocycles. The van der Waals surface area contributed by atoms with Gasteiger partial charge in [-0.2, -0.15) is 5.26 Å². The molecule has 5 aromatic rings. The summed E-state index contributed by atoms with van der Waals surface area (Å²) in [5, 5.41) is 11.4. The Hall–Kier alpha value is -4.37. The van der Waals surface area contributed by atoms with Crippen molar-refractivity contribution < 1.29 is 9.53 Å². The van der Waals surface area contributed by atoms with Gasteiger partial charge in [-0.15, -0.1) is 0 Å². The number of carbonyl (C=O) groups is 1. The lowest BCUT2D eigenvalue weighted by Crippen LogP contribution is -1.98. The Kier molecular flexibility index (Phi) is 4.70. The second-order valence-electron chi connectivity index (χ2n) is 7.23. The van der Waals surface area contributed by atoms with Crippen molar-refractivity contribution >= 4 is 28.3 Å². The maximum absolute atomic E-state index is 10.5. The largest absolute Gasteiger partial charge is 0.468 e. The molecule has 6 heteroatoms. The number of ether oxygens (including phenoxy) is 1. The molecule has 2 heterocycles. The molecule has 0 aliphatic rings. The van der Waals surface area contributed by atoms with Crippen molar-refractivity contribution in [2.45, 2.75) is 6.42 Å². The van der Waals surface area contributed by atoms with E-state index in [-0.39, 0.29) is 0 Å². The monoisotopic (exact) mass is 406 g/mol. The predicted molar refractivity (Wildman–Crippen MR) is 118 cm³/mol. The second-order valence-corrected chi connectivity index (χ2v) is 7.23. The van der Waals surface area contributed by atoms with Crippen LogP contribution < -0.4 is 0 Å². The maximum Gasteiger partial charge on any atom is 0.293 e. The van der Waals surface area contributed by atoms with Crippen molar-refractivity contribution in [3.63, 3.8) is 0 Å². The molecular weight excluding hydrogens is 388 g/mol. The summed E-state index contributed by atoms with van der Waals surface area (Å²) in [5.41, 5.74) is 5.86. The Morgan fingerprint density at radius 3 is 2.55 bits per heavy atom. The van der Waals surface area contributed by atoms with Gasteiger partial charge >= 0.3 is 0 Å². The van der Waals surface area contributed by atoms with E-state index in [2.05, 4.69) is 52.0 Å². The van der Waals surface area contributed by atoms with Crippen molar-refractivity contribution in [2.75, 3.05) is 6.61 Å². The van der Waals surface area contributed by atoms with Gasteiger partial charge in [0.1, 0.15) is 0 Å². The van der Waals surface area contributed by atoms with Crippen molar-refractivity contribution in [1.29, 1.82) is 5.26 Å². The van der Waals surface area contributed by atoms with Crippen LogP contribution in [0.5, 0.6) is 0 Å². The van der Waals surface area contributed by atoms with Crippen LogP contribution in [0.3, 0.4) is 0 Å². The topological polar surface area (TPSA) is 72.8 Å². The third-order valence-electron chi connectivity index (χ3n) is 5.45. The molecule has 31 heavy (non-hydrogen) atoms. The molecule has 0 saturated carbocycles. The van der Waals surface area contributed by atoms with Gasteiger partial charge in [-0.25, -0.2) is 4.98 Å². The van der Waals surface area contributed by atoms with E-state index in [9.17, 15) is 4.79 Å². The molecule has 5 rings (SSSR count). The first-order valence-electron chi connectivity index (χ1n) is 9.90. The Morgan fingerprint density at radius 1 is 0.968 bits per heavy atom. The van der Waals surface area contributed by atoms with Gasteiger partial charge in [0.05, 0.1) is 35.6 Å². The van der Waals surface area contributed by atoms with E-state index in [1.807, 2.05) is 35.0 Å². The zero-order chi connectivity index (χ0) is 21.2. The highest BCUT2D eigenvalue weighted by Crippen LogP contribution is 2.34. The number of hydrogen-bond acceptors (Lipinski definition) is 4. The normalized spacial score (nSPS) is 10.9. The minimum absolute atomic E-state index is 0.344. The van der Waals surface area contributed by atoms with Crippen LogP contribution in [0.25, 0.3) is 33.2 Å². The van der Waals surface area contributed by atoms with Crippen molar-refractivity contribution in [2.24, 2.45) is 0 Å². The lowest BCUT2D eigenvalue weighted by molar-refractivity contribution is -0.128. The van der Waals surface area contributed by atoms with E-state index >= 15 is 0 Å². The van der Waals surface area contributed by atoms with Crippen LogP contribution in [-0.4, -0.2) is 27.2 Å². The standard InChI is InChI=1S/C25H18N4O2/c26-15-19-1-4-20(5-2-19)29-24-8-6-21(28-11-10-27-16-28)14-23(24)22-7-3-18(13-25(22)29)9-12-31-17-30/h1-8,10-11,13-14,16-17H,9,12H2. The smallest absolute Gasteiger partial charge is 0.293 e. The SMILES string of the molecule is N#Cc1ccc(-n2c3ccc(-n4ccnc4)cc3c3ccc(CCOC=O)cc32)cc1. The summed E-state index contributed by atoms with van der Waals surface area (Å²) in [6.07, 6.45) is 6.11. The Balaban J connectivity index is 1.74. The molecule has 0 aliphatic carbocycles. The first-order valence-corrected chi connectivity index (χ1v) is 9.90. The van der Waals surface area contributed by atoms with Gasteiger partial charge < -0.3 is 13.9 Å². The fourth-order valence-electron chi connectivity index (χ4n) is 3.97. The number of carbonyl (C=O) groups excluding carboxylic acids is 1. The van der Waals surface area contributed by atoms with Crippen molar-refractivity contribution in [3.8, 4) is 17.4 Å². The molecule has 150 valence electrons. The van der Waals surface area contributed by atoms with Crippen molar-refractivity contribution in [3.05, 3.63) is 90.5 Å². The van der Waals surface area contributed by atoms with Crippen LogP contribution in [-0.2, 0) is 16.0 Å². The maximum atomic E-state index is 10.5. The van der Waals surface area contributed by atoms with Gasteiger partial charge in [0, 0.05) is 41.0 Å². The molecule has 0 fully saturated rings. The number of rotatable bonds is 6. The molecule has 0 unspecified atom stereocenters. The number of imidazole rings is 1. The van der Waals surface area contributed by atoms with Gasteiger partial charge in [-0.1, -0.05) is 12.1 Å². The van der Waals surface area contributed by atoms with Gasteiger partial charge in [-0.05, 0) is 54.1 Å². The zero-order valence-corrected chi connectivity index (χ0v) is 16.6. The molecule has 2 aromatic heterocycles. The molecule has 0 spiro atoms. The van der Waals surface area contributed by atoms with Crippen molar-refractivity contribution in [1.82, 2.24) is 14.1 Å². The third-order valence-corrected chi connectivity index (χ3v) is 5.45. The number of benzene rings is 3. The van der Waals surface area contributed by atoms with E-state index in [0.717, 1.165) is 38.7 Å². The van der Waals surface area contributed by atoms with Crippen LogP contribution in [0, 0.1) is 11.3 Å². The number of fused-ring (bicyclic) bond motifs is 3. The summed E-state index contributed by atoms with van der Waals surface area (Å²) in [7, 11) is 0. The molecule has 0 N–H and O–H groups in total. The van der Waals surface area contributed by atoms with E-state index in [0.29, 0.717) is 25.1 Å². The minimum Gasteiger partial charge on any atom is -0.468 e. The predicted octanol–water partition coefficient (Wildman–Crippen LogP) is 4.56. The zero-order valence-electron chi connectivity index (χ0n) is 16.6. The average molecular weight is 406 g/mol. The number of nitriles is 1. The number of hydrogen-bond donors (Lipinski definition) is 0. The molecule has 0 bridgehead atoms. The Morgan fingerprint density at radius 2 is 1.81 bits per heavy atom. The van der Waals surface area contributed by atoms with Crippen LogP contribution in [0.15, 0.2) is 79.4 Å². The van der Waals surface area contributed by atoms with Crippen LogP contribution in [0.4, 0.5) is 0 Å². The number of aromatic nitrogens is 3. The fourth-order valence-corrected chi connectivity index (χ4v) is 3.97. The van der Waals surface area contributed by atoms with E-state index in [4.69, 9.17) is 10.00 Å². The molecule has 0 radical (unpaired) electrons. The summed E-state index contributed by atoms with van der Waals surface area (Å²) in [4.78, 5) is 14.6. The third kappa shape index (κ3) is 3.32. The van der Waals surface area contributed by atoms with E-state index < -0.39 is 0 Å². The average Bonchev–Trinajstić information content (AvgIpc) is 3.45. The Labute approximate surface area is 178 Å². The van der Waals surface area contributed by atoms with Gasteiger partial charge in [0.2, 0.25) is 0 Å². The highest BCUT2D eigenvalue weighted by atomic mass is 16.5. The summed E-state index contributed by atoms with van der Waals surface area (Å²) >= 11 is 0. The lowest BCUT2D eigenvalue weighted by atomic mass is 10.1. The molecule has 0 atom stereocenters. The summed E-state index contributed by atoms with van der Waals surface area (Å²) in [6.45, 7) is 0.820. The van der Waals surface area contributed by atoms with Crippen LogP contribution in [0.1, 0.15) is 11.1 Å². The highest BCUT2D eigenvalue weighted by Gasteiger charge is 2.14. The summed E-state index contributed by atoms with van der Waals surface area (Å²) in [5.74, 6) is 0. The minimum atomic E-state index is 0.344. The van der Waals surface area contributed by atoms with E-state index in [1.54, 1.807) is 12.5 Å². The van der Waals surface area contributed by atoms with Gasteiger partial charge in [-0.3, -0.25) is 4.79 Å². The van der Waals surface area contributed by atoms with Gasteiger partial charge in [0.25, 0.3) is 6.47 Å². The fraction of sp³-hybridized carbons (Fsp3) is 0.0800. The van der Waals surface area contributed by atoms with Crippen LogP contribution in [0.2, 0.25) is 0 Å². The van der Waals surface area contributed by atoms with E-state index in [1.165, 1.54) is 0 Å². The summed E-state index contributed by atoms with van der Waals surface area (Å²) in [6, 6.07) is 22.4. The Bertz CT molecular complexity index is 1420. The first-order chi connectivity index (χ1) is 15.3.